The monoisotopic (exact) mass is 305 g/mol. The molecular formula is C10H13BrFN3S. The van der Waals surface area contributed by atoms with E-state index in [0.29, 0.717) is 12.8 Å². The van der Waals surface area contributed by atoms with Gasteiger partial charge in [-0.3, -0.25) is 0 Å². The summed E-state index contributed by atoms with van der Waals surface area (Å²) in [7, 11) is 0. The molecule has 0 unspecified atom stereocenters. The molecule has 1 saturated heterocycles. The summed E-state index contributed by atoms with van der Waals surface area (Å²) >= 11 is 4.95. The van der Waals surface area contributed by atoms with E-state index in [4.69, 9.17) is 0 Å². The minimum Gasteiger partial charge on any atom is -0.355 e. The van der Waals surface area contributed by atoms with Crippen molar-refractivity contribution in [1.29, 1.82) is 0 Å². The van der Waals surface area contributed by atoms with Gasteiger partial charge < -0.3 is 4.90 Å². The van der Waals surface area contributed by atoms with E-state index < -0.39 is 6.17 Å². The molecule has 6 heteroatoms. The first-order chi connectivity index (χ1) is 7.70. The third-order valence-corrected chi connectivity index (χ3v) is 3.73. The van der Waals surface area contributed by atoms with Crippen molar-refractivity contribution in [3.63, 3.8) is 0 Å². The molecule has 0 N–H and O–H groups in total. The summed E-state index contributed by atoms with van der Waals surface area (Å²) in [5.41, 5.74) is 0. The molecule has 1 fully saturated rings. The molecule has 0 aromatic carbocycles. The molecule has 1 aromatic heterocycles. The summed E-state index contributed by atoms with van der Waals surface area (Å²) in [6, 6.07) is 0. The maximum absolute atomic E-state index is 13.0. The van der Waals surface area contributed by atoms with Gasteiger partial charge in [0.25, 0.3) is 0 Å². The van der Waals surface area contributed by atoms with Crippen LogP contribution in [0, 0.1) is 0 Å². The quantitative estimate of drug-likeness (QED) is 0.620. The third-order valence-electron chi connectivity index (χ3n) is 2.61. The van der Waals surface area contributed by atoms with Gasteiger partial charge in [0.05, 0.1) is 4.47 Å². The predicted octanol–water partition coefficient (Wildman–Crippen LogP) is 2.90. The summed E-state index contributed by atoms with van der Waals surface area (Å²) < 4.78 is 13.9. The van der Waals surface area contributed by atoms with E-state index in [1.165, 1.54) is 11.8 Å². The van der Waals surface area contributed by atoms with Gasteiger partial charge in [0.1, 0.15) is 12.0 Å². The van der Waals surface area contributed by atoms with Crippen LogP contribution in [0.5, 0.6) is 0 Å². The molecule has 0 saturated carbocycles. The van der Waals surface area contributed by atoms with Crippen LogP contribution in [0.25, 0.3) is 0 Å². The van der Waals surface area contributed by atoms with Crippen LogP contribution in [0.3, 0.4) is 0 Å². The van der Waals surface area contributed by atoms with Gasteiger partial charge in [-0.15, -0.1) is 0 Å². The Kier molecular flexibility index (Phi) is 4.02. The number of nitrogens with zero attached hydrogens (tertiary/aromatic N) is 3. The van der Waals surface area contributed by atoms with Gasteiger partial charge in [-0.2, -0.15) is 0 Å². The lowest BCUT2D eigenvalue weighted by Crippen LogP contribution is -2.35. The highest BCUT2D eigenvalue weighted by Gasteiger charge is 2.21. The number of thioether (sulfide) groups is 1. The van der Waals surface area contributed by atoms with Gasteiger partial charge in [-0.05, 0) is 35.0 Å². The number of piperidine rings is 1. The highest BCUT2D eigenvalue weighted by atomic mass is 79.9. The maximum Gasteiger partial charge on any atom is 0.189 e. The van der Waals surface area contributed by atoms with E-state index >= 15 is 0 Å². The van der Waals surface area contributed by atoms with Crippen LogP contribution in [0.15, 0.2) is 15.8 Å². The number of halogens is 2. The minimum absolute atomic E-state index is 0.588. The average Bonchev–Trinajstić information content (AvgIpc) is 2.31. The second kappa shape index (κ2) is 5.31. The molecule has 3 nitrogen and oxygen atoms in total. The predicted molar refractivity (Wildman–Crippen MR) is 67.9 cm³/mol. The van der Waals surface area contributed by atoms with Crippen molar-refractivity contribution in [3.05, 3.63) is 10.7 Å². The van der Waals surface area contributed by atoms with E-state index in [1.807, 2.05) is 6.26 Å². The number of aromatic nitrogens is 2. The molecule has 1 aliphatic heterocycles. The number of hydrogen-bond donors (Lipinski definition) is 0. The zero-order chi connectivity index (χ0) is 11.5. The Hall–Kier alpha value is -0.360. The van der Waals surface area contributed by atoms with Crippen LogP contribution in [-0.2, 0) is 0 Å². The molecule has 0 amide bonds. The molecule has 88 valence electrons. The number of rotatable bonds is 2. The largest absolute Gasteiger partial charge is 0.355 e. The third kappa shape index (κ3) is 2.66. The first kappa shape index (κ1) is 12.1. The second-order valence-electron chi connectivity index (χ2n) is 3.69. The Morgan fingerprint density at radius 1 is 1.50 bits per heavy atom. The lowest BCUT2D eigenvalue weighted by Gasteiger charge is -2.30. The fourth-order valence-corrected chi connectivity index (χ4v) is 2.50. The Labute approximate surface area is 107 Å². The van der Waals surface area contributed by atoms with Gasteiger partial charge in [0.15, 0.2) is 5.16 Å². The zero-order valence-electron chi connectivity index (χ0n) is 8.99. The van der Waals surface area contributed by atoms with Crippen LogP contribution < -0.4 is 4.90 Å². The highest BCUT2D eigenvalue weighted by molar-refractivity contribution is 9.10. The van der Waals surface area contributed by atoms with E-state index in [9.17, 15) is 4.39 Å². The number of hydrogen-bond acceptors (Lipinski definition) is 4. The normalized spacial score (nSPS) is 17.8. The Balaban J connectivity index is 2.19. The molecule has 1 aromatic rings. The first-order valence-electron chi connectivity index (χ1n) is 5.16. The van der Waals surface area contributed by atoms with Gasteiger partial charge >= 0.3 is 0 Å². The Morgan fingerprint density at radius 2 is 2.19 bits per heavy atom. The average molecular weight is 306 g/mol. The van der Waals surface area contributed by atoms with Crippen LogP contribution in [0.1, 0.15) is 12.8 Å². The molecule has 0 bridgehead atoms. The van der Waals surface area contributed by atoms with Crippen molar-refractivity contribution >= 4 is 33.5 Å². The van der Waals surface area contributed by atoms with Crippen LogP contribution in [-0.4, -0.2) is 35.5 Å². The van der Waals surface area contributed by atoms with E-state index in [1.54, 1.807) is 6.20 Å². The van der Waals surface area contributed by atoms with Crippen molar-refractivity contribution in [1.82, 2.24) is 9.97 Å². The topological polar surface area (TPSA) is 29.0 Å². The van der Waals surface area contributed by atoms with E-state index in [-0.39, 0.29) is 0 Å². The molecule has 0 spiro atoms. The molecule has 2 heterocycles. The van der Waals surface area contributed by atoms with E-state index in [2.05, 4.69) is 30.8 Å². The van der Waals surface area contributed by atoms with Crippen LogP contribution in [0.2, 0.25) is 0 Å². The molecule has 0 radical (unpaired) electrons. The smallest absolute Gasteiger partial charge is 0.189 e. The first-order valence-corrected chi connectivity index (χ1v) is 7.18. The van der Waals surface area contributed by atoms with Crippen LogP contribution >= 0.6 is 27.7 Å². The molecule has 16 heavy (non-hydrogen) atoms. The molecule has 0 atom stereocenters. The summed E-state index contributed by atoms with van der Waals surface area (Å²) in [6.07, 6.45) is 4.23. The number of anilines is 1. The molecule has 1 aliphatic rings. The van der Waals surface area contributed by atoms with Gasteiger partial charge in [-0.25, -0.2) is 14.4 Å². The molecular weight excluding hydrogens is 293 g/mol. The molecule has 2 rings (SSSR count). The lowest BCUT2D eigenvalue weighted by atomic mass is 10.1. The summed E-state index contributed by atoms with van der Waals surface area (Å²) in [4.78, 5) is 10.7. The van der Waals surface area contributed by atoms with Crippen molar-refractivity contribution in [3.8, 4) is 0 Å². The Bertz CT molecular complexity index is 369. The SMILES string of the molecule is CSc1ncc(Br)c(N2CCC(F)CC2)n1. The summed E-state index contributed by atoms with van der Waals surface area (Å²) in [5.74, 6) is 0.881. The highest BCUT2D eigenvalue weighted by Crippen LogP contribution is 2.28. The maximum atomic E-state index is 13.0. The fraction of sp³-hybridized carbons (Fsp3) is 0.600. The summed E-state index contributed by atoms with van der Waals surface area (Å²) in [5, 5.41) is 0.751. The van der Waals surface area contributed by atoms with Crippen molar-refractivity contribution in [2.24, 2.45) is 0 Å². The standard InChI is InChI=1S/C10H13BrFN3S/c1-16-10-13-6-8(11)9(14-10)15-4-2-7(12)3-5-15/h6-7H,2-5H2,1H3. The van der Waals surface area contributed by atoms with Crippen molar-refractivity contribution in [2.75, 3.05) is 24.2 Å². The van der Waals surface area contributed by atoms with Gasteiger partial charge in [0.2, 0.25) is 0 Å². The fourth-order valence-electron chi connectivity index (χ4n) is 1.72. The van der Waals surface area contributed by atoms with Gasteiger partial charge in [-0.1, -0.05) is 11.8 Å². The number of alkyl halides is 1. The molecule has 0 aliphatic carbocycles. The minimum atomic E-state index is -0.656. The zero-order valence-corrected chi connectivity index (χ0v) is 11.4. The summed E-state index contributed by atoms with van der Waals surface area (Å²) in [6.45, 7) is 1.45. The Morgan fingerprint density at radius 3 is 2.81 bits per heavy atom. The van der Waals surface area contributed by atoms with Crippen molar-refractivity contribution < 1.29 is 4.39 Å². The second-order valence-corrected chi connectivity index (χ2v) is 5.32. The van der Waals surface area contributed by atoms with E-state index in [0.717, 1.165) is 28.5 Å². The van der Waals surface area contributed by atoms with Crippen LogP contribution in [0.4, 0.5) is 10.2 Å². The lowest BCUT2D eigenvalue weighted by molar-refractivity contribution is 0.276. The van der Waals surface area contributed by atoms with Gasteiger partial charge in [0, 0.05) is 19.3 Å². The van der Waals surface area contributed by atoms with Crippen molar-refractivity contribution in [2.45, 2.75) is 24.2 Å².